The van der Waals surface area contributed by atoms with Crippen molar-refractivity contribution in [2.75, 3.05) is 11.5 Å². The molecule has 1 fully saturated rings. The van der Waals surface area contributed by atoms with Crippen LogP contribution in [-0.2, 0) is 30.3 Å². The number of carbonyl (C=O) groups excluding carboxylic acids is 4. The van der Waals surface area contributed by atoms with Crippen molar-refractivity contribution < 1.29 is 29.0 Å². The Morgan fingerprint density at radius 3 is 2.61 bits per heavy atom. The number of carbonyl (C=O) groups is 4. The van der Waals surface area contributed by atoms with E-state index in [4.69, 9.17) is 16.3 Å². The van der Waals surface area contributed by atoms with Crippen molar-refractivity contribution in [3.05, 3.63) is 47.0 Å². The first-order valence-corrected chi connectivity index (χ1v) is 15.4. The Hall–Kier alpha value is -2.21. The monoisotopic (exact) mass is 583 g/mol. The van der Waals surface area contributed by atoms with Crippen LogP contribution in [0, 0.1) is 5.92 Å². The number of amides is 3. The van der Waals surface area contributed by atoms with Crippen molar-refractivity contribution in [2.24, 2.45) is 5.92 Å². The standard InChI is InChI=1S/C26H34ClN3O6S2/c1-15(2)24-21(31)13-23(33)36-18-8-3-4-9-37-38-14-20(26(35)30-24)29-25(34)19(28-22(32)12-18)11-16-6-5-7-17(27)10-16/h3,5-8,10,15,18-21,24,31H,4,9,11-14H2,1-2H3,(H,28,32)(H,29,34)(H,30,35)/b8-3+/t18-,19-,20+,21+,24-/m1/s1. The predicted octanol–water partition coefficient (Wildman–Crippen LogP) is 2.40. The van der Waals surface area contributed by atoms with E-state index in [-0.39, 0.29) is 30.9 Å². The molecule has 2 bridgehead atoms. The molecule has 1 saturated heterocycles. The molecule has 2 heterocycles. The topological polar surface area (TPSA) is 134 Å². The molecule has 0 radical (unpaired) electrons. The molecule has 208 valence electrons. The van der Waals surface area contributed by atoms with Gasteiger partial charge in [0.25, 0.3) is 0 Å². The molecule has 1 aromatic rings. The number of hydrogen-bond acceptors (Lipinski definition) is 8. The summed E-state index contributed by atoms with van der Waals surface area (Å²) in [7, 11) is 3.00. The number of fused-ring (bicyclic) bond motifs is 7. The van der Waals surface area contributed by atoms with Gasteiger partial charge in [-0.2, -0.15) is 0 Å². The summed E-state index contributed by atoms with van der Waals surface area (Å²) >= 11 is 6.12. The van der Waals surface area contributed by atoms with E-state index in [1.165, 1.54) is 10.8 Å². The van der Waals surface area contributed by atoms with Crippen LogP contribution in [-0.4, -0.2) is 70.6 Å². The van der Waals surface area contributed by atoms with E-state index >= 15 is 0 Å². The minimum Gasteiger partial charge on any atom is -0.457 e. The van der Waals surface area contributed by atoms with Crippen molar-refractivity contribution in [1.82, 2.24) is 16.0 Å². The molecule has 3 amide bonds. The number of ether oxygens (including phenoxy) is 1. The first kappa shape index (κ1) is 30.3. The number of aliphatic hydroxyl groups excluding tert-OH is 1. The van der Waals surface area contributed by atoms with Gasteiger partial charge in [-0.15, -0.1) is 0 Å². The van der Waals surface area contributed by atoms with Gasteiger partial charge in [0.2, 0.25) is 17.7 Å². The summed E-state index contributed by atoms with van der Waals surface area (Å²) in [5, 5.41) is 19.6. The molecule has 0 unspecified atom stereocenters. The second kappa shape index (κ2) is 14.8. The summed E-state index contributed by atoms with van der Waals surface area (Å²) in [6.07, 6.45) is 1.66. The number of aliphatic hydroxyl groups is 1. The van der Waals surface area contributed by atoms with E-state index in [1.54, 1.807) is 41.1 Å². The molecule has 4 N–H and O–H groups in total. The van der Waals surface area contributed by atoms with Gasteiger partial charge in [-0.25, -0.2) is 0 Å². The molecule has 0 spiro atoms. The van der Waals surface area contributed by atoms with Crippen LogP contribution in [0.4, 0.5) is 0 Å². The van der Waals surface area contributed by atoms with Gasteiger partial charge >= 0.3 is 5.97 Å². The summed E-state index contributed by atoms with van der Waals surface area (Å²) in [5.41, 5.74) is 0.727. The third-order valence-electron chi connectivity index (χ3n) is 6.14. The van der Waals surface area contributed by atoms with Crippen LogP contribution in [0.5, 0.6) is 0 Å². The molecule has 0 aromatic heterocycles. The Balaban J connectivity index is 1.99. The van der Waals surface area contributed by atoms with Crippen molar-refractivity contribution in [2.45, 2.75) is 69.9 Å². The van der Waals surface area contributed by atoms with E-state index in [2.05, 4.69) is 16.0 Å². The lowest BCUT2D eigenvalue weighted by atomic mass is 9.96. The van der Waals surface area contributed by atoms with Crippen molar-refractivity contribution in [3.8, 4) is 0 Å². The number of rotatable bonds is 3. The van der Waals surface area contributed by atoms with Gasteiger partial charge in [0.1, 0.15) is 18.2 Å². The highest BCUT2D eigenvalue weighted by Gasteiger charge is 2.33. The lowest BCUT2D eigenvalue weighted by Crippen LogP contribution is -2.58. The summed E-state index contributed by atoms with van der Waals surface area (Å²) in [4.78, 5) is 52.6. The van der Waals surface area contributed by atoms with E-state index < -0.39 is 54.0 Å². The molecule has 2 aliphatic heterocycles. The summed E-state index contributed by atoms with van der Waals surface area (Å²) < 4.78 is 5.54. The Morgan fingerprint density at radius 2 is 1.87 bits per heavy atom. The number of allylic oxidation sites excluding steroid dienone is 1. The maximum Gasteiger partial charge on any atom is 0.309 e. The Kier molecular flexibility index (Phi) is 11.8. The molecule has 0 saturated carbocycles. The fourth-order valence-corrected chi connectivity index (χ4v) is 6.54. The molecular formula is C26H34ClN3O6S2. The molecule has 0 aliphatic carbocycles. The summed E-state index contributed by atoms with van der Waals surface area (Å²) in [5.74, 6) is -1.40. The molecule has 12 heteroatoms. The smallest absolute Gasteiger partial charge is 0.309 e. The SMILES string of the molecule is CC(C)[C@H]1NC(=O)[C@@H]2CSSCC/C=C/[C@H](CC(=O)N[C@H](Cc3cccc(Cl)c3)C(=O)N2)OC(=O)C[C@@H]1O. The average Bonchev–Trinajstić information content (AvgIpc) is 2.84. The van der Waals surface area contributed by atoms with Crippen LogP contribution in [0.2, 0.25) is 5.02 Å². The zero-order valence-electron chi connectivity index (χ0n) is 21.4. The number of nitrogens with one attached hydrogen (secondary N) is 3. The van der Waals surface area contributed by atoms with Crippen LogP contribution in [0.15, 0.2) is 36.4 Å². The predicted molar refractivity (Wildman–Crippen MR) is 150 cm³/mol. The van der Waals surface area contributed by atoms with Crippen LogP contribution >= 0.6 is 33.2 Å². The normalized spacial score (nSPS) is 29.1. The number of benzene rings is 1. The van der Waals surface area contributed by atoms with Gasteiger partial charge in [-0.1, -0.05) is 65.2 Å². The summed E-state index contributed by atoms with van der Waals surface area (Å²) in [6.45, 7) is 3.64. The Labute approximate surface area is 235 Å². The quantitative estimate of drug-likeness (QED) is 0.242. The zero-order valence-corrected chi connectivity index (χ0v) is 23.7. The van der Waals surface area contributed by atoms with Gasteiger partial charge in [-0.05, 0) is 36.1 Å². The fourth-order valence-electron chi connectivity index (χ4n) is 4.18. The molecular weight excluding hydrogens is 550 g/mol. The van der Waals surface area contributed by atoms with Crippen molar-refractivity contribution in [1.29, 1.82) is 0 Å². The van der Waals surface area contributed by atoms with Crippen LogP contribution in [0.3, 0.4) is 0 Å². The molecule has 2 aliphatic rings. The lowest BCUT2D eigenvalue weighted by molar-refractivity contribution is -0.151. The van der Waals surface area contributed by atoms with Crippen LogP contribution in [0.1, 0.15) is 38.7 Å². The van der Waals surface area contributed by atoms with Crippen molar-refractivity contribution >= 4 is 56.9 Å². The van der Waals surface area contributed by atoms with Crippen LogP contribution < -0.4 is 16.0 Å². The van der Waals surface area contributed by atoms with E-state index in [9.17, 15) is 24.3 Å². The fraction of sp³-hybridized carbons (Fsp3) is 0.538. The maximum atomic E-state index is 13.5. The largest absolute Gasteiger partial charge is 0.457 e. The van der Waals surface area contributed by atoms with Crippen molar-refractivity contribution in [3.63, 3.8) is 0 Å². The first-order chi connectivity index (χ1) is 18.1. The second-order valence-electron chi connectivity index (χ2n) is 9.62. The highest BCUT2D eigenvalue weighted by Crippen LogP contribution is 2.24. The van der Waals surface area contributed by atoms with E-state index in [1.807, 2.05) is 19.9 Å². The third kappa shape index (κ3) is 9.52. The zero-order chi connectivity index (χ0) is 27.7. The van der Waals surface area contributed by atoms with Gasteiger partial charge in [-0.3, -0.25) is 19.2 Å². The maximum absolute atomic E-state index is 13.5. The molecule has 38 heavy (non-hydrogen) atoms. The molecule has 1 aromatic carbocycles. The highest BCUT2D eigenvalue weighted by molar-refractivity contribution is 8.76. The number of halogens is 1. The van der Waals surface area contributed by atoms with E-state index in [0.717, 1.165) is 11.3 Å². The molecule has 9 nitrogen and oxygen atoms in total. The Bertz CT molecular complexity index is 1040. The van der Waals surface area contributed by atoms with Gasteiger partial charge < -0.3 is 25.8 Å². The highest BCUT2D eigenvalue weighted by atomic mass is 35.5. The van der Waals surface area contributed by atoms with Gasteiger partial charge in [0.15, 0.2) is 0 Å². The lowest BCUT2D eigenvalue weighted by Gasteiger charge is -2.29. The summed E-state index contributed by atoms with van der Waals surface area (Å²) in [6, 6.07) is 4.28. The molecule has 5 atom stereocenters. The second-order valence-corrected chi connectivity index (χ2v) is 12.7. The average molecular weight is 584 g/mol. The van der Waals surface area contributed by atoms with Crippen LogP contribution in [0.25, 0.3) is 0 Å². The number of esters is 1. The number of hydrogen-bond donors (Lipinski definition) is 4. The van der Waals surface area contributed by atoms with Gasteiger partial charge in [0.05, 0.1) is 25.0 Å². The van der Waals surface area contributed by atoms with Gasteiger partial charge in [0, 0.05) is 22.9 Å². The van der Waals surface area contributed by atoms with E-state index in [0.29, 0.717) is 11.4 Å². The first-order valence-electron chi connectivity index (χ1n) is 12.6. The minimum absolute atomic E-state index is 0.141. The Morgan fingerprint density at radius 1 is 1.08 bits per heavy atom. The molecule has 3 rings (SSSR count). The third-order valence-corrected chi connectivity index (χ3v) is 8.82. The minimum atomic E-state index is -1.21.